The molecule has 5 rings (SSSR count). The number of benzene rings is 2. The number of nitrogens with zero attached hydrogens (tertiary/aromatic N) is 3. The Labute approximate surface area is 188 Å². The highest BCUT2D eigenvalue weighted by Gasteiger charge is 2.17. The number of hydrogen-bond acceptors (Lipinski definition) is 4. The zero-order valence-corrected chi connectivity index (χ0v) is 18.3. The smallest absolute Gasteiger partial charge is 0.224 e. The fraction of sp³-hybridized carbons (Fsp3) is 0.385. The van der Waals surface area contributed by atoms with Crippen LogP contribution < -0.4 is 5.32 Å². The summed E-state index contributed by atoms with van der Waals surface area (Å²) >= 11 is 0. The van der Waals surface area contributed by atoms with E-state index in [-0.39, 0.29) is 24.5 Å². The molecule has 2 aromatic carbocycles. The molecule has 32 heavy (non-hydrogen) atoms. The van der Waals surface area contributed by atoms with E-state index in [4.69, 9.17) is 0 Å². The highest BCUT2D eigenvalue weighted by atomic mass is 16.2. The number of hydrogen-bond donors (Lipinski definition) is 1. The monoisotopic (exact) mass is 428 g/mol. The zero-order valence-electron chi connectivity index (χ0n) is 18.3. The highest BCUT2D eigenvalue weighted by molar-refractivity contribution is 6.00. The third-order valence-electron chi connectivity index (χ3n) is 6.51. The van der Waals surface area contributed by atoms with E-state index in [2.05, 4.69) is 26.1 Å². The van der Waals surface area contributed by atoms with Gasteiger partial charge in [0, 0.05) is 42.6 Å². The van der Waals surface area contributed by atoms with Crippen molar-refractivity contribution in [2.75, 3.05) is 5.32 Å². The number of Topliss-reactive ketones (excluding diaryl/α,β-unsaturated/α-hetero) is 1. The summed E-state index contributed by atoms with van der Waals surface area (Å²) in [5.41, 5.74) is 5.00. The lowest BCUT2D eigenvalue weighted by Gasteiger charge is -2.10. The van der Waals surface area contributed by atoms with Gasteiger partial charge in [0.15, 0.2) is 11.6 Å². The maximum absolute atomic E-state index is 12.6. The largest absolute Gasteiger partial charge is 0.326 e. The highest BCUT2D eigenvalue weighted by Crippen LogP contribution is 2.26. The standard InChI is InChI=1S/C26H28N4O2/c31-23(20-12-11-18-6-4-7-19(18)16-20)13-14-25(32)27-22-9-5-8-21(17-22)26-29-28-24-10-2-1-3-15-30(24)26/h5,8-9,11-12,16-17H,1-4,6-7,10,13-15H2,(H,27,32). The van der Waals surface area contributed by atoms with Crippen molar-refractivity contribution in [1.82, 2.24) is 14.8 Å². The second-order valence-electron chi connectivity index (χ2n) is 8.79. The molecule has 0 fully saturated rings. The number of carbonyl (C=O) groups excluding carboxylic acids is 2. The normalized spacial score (nSPS) is 15.0. The lowest BCUT2D eigenvalue weighted by molar-refractivity contribution is -0.116. The molecule has 2 aliphatic rings. The van der Waals surface area contributed by atoms with E-state index in [0.717, 1.165) is 62.3 Å². The summed E-state index contributed by atoms with van der Waals surface area (Å²) in [4.78, 5) is 25.1. The summed E-state index contributed by atoms with van der Waals surface area (Å²) in [7, 11) is 0. The van der Waals surface area contributed by atoms with Gasteiger partial charge in [-0.05, 0) is 61.4 Å². The first-order chi connectivity index (χ1) is 15.7. The van der Waals surface area contributed by atoms with Crippen LogP contribution in [0.25, 0.3) is 11.4 Å². The van der Waals surface area contributed by atoms with Crippen molar-refractivity contribution in [2.45, 2.75) is 64.3 Å². The first-order valence-corrected chi connectivity index (χ1v) is 11.6. The molecule has 0 spiro atoms. The Morgan fingerprint density at radius 1 is 0.875 bits per heavy atom. The number of nitrogens with one attached hydrogen (secondary N) is 1. The number of rotatable bonds is 6. The number of fused-ring (bicyclic) bond motifs is 2. The molecule has 0 saturated heterocycles. The molecular formula is C26H28N4O2. The lowest BCUT2D eigenvalue weighted by atomic mass is 10.0. The van der Waals surface area contributed by atoms with Crippen molar-refractivity contribution in [3.63, 3.8) is 0 Å². The molecule has 1 aliphatic carbocycles. The molecule has 1 amide bonds. The van der Waals surface area contributed by atoms with Gasteiger partial charge in [-0.1, -0.05) is 30.7 Å². The van der Waals surface area contributed by atoms with Gasteiger partial charge in [0.2, 0.25) is 5.91 Å². The lowest BCUT2D eigenvalue weighted by Crippen LogP contribution is -2.13. The fourth-order valence-electron chi connectivity index (χ4n) is 4.77. The predicted octanol–water partition coefficient (Wildman–Crippen LogP) is 4.76. The molecular weight excluding hydrogens is 400 g/mol. The van der Waals surface area contributed by atoms with Crippen molar-refractivity contribution in [2.24, 2.45) is 0 Å². The van der Waals surface area contributed by atoms with Crippen molar-refractivity contribution in [3.05, 3.63) is 65.0 Å². The molecule has 164 valence electrons. The van der Waals surface area contributed by atoms with Crippen LogP contribution in [0.15, 0.2) is 42.5 Å². The Morgan fingerprint density at radius 3 is 2.72 bits per heavy atom. The molecule has 3 aromatic rings. The van der Waals surface area contributed by atoms with Crippen LogP contribution in [0.4, 0.5) is 5.69 Å². The average molecular weight is 429 g/mol. The van der Waals surface area contributed by atoms with Crippen LogP contribution in [0.2, 0.25) is 0 Å². The van der Waals surface area contributed by atoms with E-state index >= 15 is 0 Å². The molecule has 0 bridgehead atoms. The van der Waals surface area contributed by atoms with E-state index in [9.17, 15) is 9.59 Å². The van der Waals surface area contributed by atoms with Gasteiger partial charge < -0.3 is 9.88 Å². The maximum atomic E-state index is 12.6. The number of anilines is 1. The summed E-state index contributed by atoms with van der Waals surface area (Å²) in [5, 5.41) is 11.7. The number of ketones is 1. The maximum Gasteiger partial charge on any atom is 0.224 e. The van der Waals surface area contributed by atoms with Crippen LogP contribution in [0.1, 0.15) is 65.8 Å². The molecule has 0 radical (unpaired) electrons. The molecule has 6 nitrogen and oxygen atoms in total. The minimum atomic E-state index is -0.156. The molecule has 1 aromatic heterocycles. The third kappa shape index (κ3) is 4.35. The van der Waals surface area contributed by atoms with Gasteiger partial charge in [-0.2, -0.15) is 0 Å². The van der Waals surface area contributed by atoms with Gasteiger partial charge in [0.1, 0.15) is 5.82 Å². The third-order valence-corrected chi connectivity index (χ3v) is 6.51. The van der Waals surface area contributed by atoms with Gasteiger partial charge in [-0.3, -0.25) is 9.59 Å². The van der Waals surface area contributed by atoms with Gasteiger partial charge in [-0.15, -0.1) is 10.2 Å². The Bertz CT molecular complexity index is 1160. The van der Waals surface area contributed by atoms with E-state index < -0.39 is 0 Å². The van der Waals surface area contributed by atoms with Gasteiger partial charge in [-0.25, -0.2) is 0 Å². The second-order valence-corrected chi connectivity index (χ2v) is 8.79. The molecule has 0 saturated carbocycles. The van der Waals surface area contributed by atoms with E-state index in [1.54, 1.807) is 0 Å². The molecule has 2 heterocycles. The quantitative estimate of drug-likeness (QED) is 0.574. The zero-order chi connectivity index (χ0) is 21.9. The summed E-state index contributed by atoms with van der Waals surface area (Å²) < 4.78 is 2.20. The van der Waals surface area contributed by atoms with Gasteiger partial charge >= 0.3 is 0 Å². The Kier molecular flexibility index (Phi) is 5.84. The summed E-state index contributed by atoms with van der Waals surface area (Å²) in [6, 6.07) is 13.7. The Balaban J connectivity index is 1.22. The topological polar surface area (TPSA) is 76.9 Å². The number of aryl methyl sites for hydroxylation is 3. The van der Waals surface area contributed by atoms with Crippen LogP contribution in [-0.4, -0.2) is 26.5 Å². The minimum absolute atomic E-state index is 0.0229. The Morgan fingerprint density at radius 2 is 1.78 bits per heavy atom. The van der Waals surface area contributed by atoms with Crippen LogP contribution in [0.3, 0.4) is 0 Å². The van der Waals surface area contributed by atoms with E-state index in [0.29, 0.717) is 11.3 Å². The van der Waals surface area contributed by atoms with Crippen LogP contribution in [0, 0.1) is 0 Å². The number of amides is 1. The van der Waals surface area contributed by atoms with E-state index in [1.807, 2.05) is 36.4 Å². The van der Waals surface area contributed by atoms with Crippen molar-refractivity contribution in [1.29, 1.82) is 0 Å². The second kappa shape index (κ2) is 9.07. The van der Waals surface area contributed by atoms with Gasteiger partial charge in [0.05, 0.1) is 0 Å². The molecule has 1 N–H and O–H groups in total. The number of carbonyl (C=O) groups is 2. The van der Waals surface area contributed by atoms with Crippen LogP contribution in [0.5, 0.6) is 0 Å². The van der Waals surface area contributed by atoms with Crippen LogP contribution >= 0.6 is 0 Å². The summed E-state index contributed by atoms with van der Waals surface area (Å²) in [6.45, 7) is 0.930. The average Bonchev–Trinajstić information content (AvgIpc) is 3.38. The molecule has 0 atom stereocenters. The van der Waals surface area contributed by atoms with Crippen molar-refractivity contribution in [3.8, 4) is 11.4 Å². The van der Waals surface area contributed by atoms with Crippen molar-refractivity contribution >= 4 is 17.4 Å². The SMILES string of the molecule is O=C(CCC(=O)c1ccc2c(c1)CCC2)Nc1cccc(-c2nnc3n2CCCCC3)c1. The molecule has 6 heteroatoms. The van der Waals surface area contributed by atoms with Gasteiger partial charge in [0.25, 0.3) is 0 Å². The van der Waals surface area contributed by atoms with Crippen LogP contribution in [-0.2, 0) is 30.6 Å². The first-order valence-electron chi connectivity index (χ1n) is 11.6. The predicted molar refractivity (Wildman–Crippen MR) is 124 cm³/mol. The number of aromatic nitrogens is 3. The fourth-order valence-corrected chi connectivity index (χ4v) is 4.77. The minimum Gasteiger partial charge on any atom is -0.326 e. The summed E-state index contributed by atoms with van der Waals surface area (Å²) in [6.07, 6.45) is 8.13. The van der Waals surface area contributed by atoms with E-state index in [1.165, 1.54) is 17.5 Å². The Hall–Kier alpha value is -3.28. The summed E-state index contributed by atoms with van der Waals surface area (Å²) in [5.74, 6) is 1.76. The van der Waals surface area contributed by atoms with Crippen molar-refractivity contribution < 1.29 is 9.59 Å². The molecule has 0 unspecified atom stereocenters. The molecule has 1 aliphatic heterocycles. The first kappa shape index (κ1) is 20.6.